The number of hydrogen-bond donors (Lipinski definition) is 1. The van der Waals surface area contributed by atoms with Crippen molar-refractivity contribution >= 4 is 5.91 Å². The minimum Gasteiger partial charge on any atom is -0.351 e. The van der Waals surface area contributed by atoms with Gasteiger partial charge in [-0.2, -0.15) is 0 Å². The van der Waals surface area contributed by atoms with Crippen molar-refractivity contribution in [2.24, 2.45) is 5.11 Å². The van der Waals surface area contributed by atoms with Gasteiger partial charge >= 0.3 is 0 Å². The standard InChI is InChI=1S/C6H12N4O/c1-6(2,3)9-5(11)4-8-10-7/h4H2,1-3H3,(H,9,11). The second-order valence-electron chi connectivity index (χ2n) is 3.19. The Kier molecular flexibility index (Phi) is 3.40. The summed E-state index contributed by atoms with van der Waals surface area (Å²) in [7, 11) is 0. The van der Waals surface area contributed by atoms with E-state index < -0.39 is 0 Å². The van der Waals surface area contributed by atoms with Crippen LogP contribution in [0.1, 0.15) is 20.8 Å². The third-order valence-electron chi connectivity index (χ3n) is 0.792. The van der Waals surface area contributed by atoms with Gasteiger partial charge in [0.1, 0.15) is 6.54 Å². The van der Waals surface area contributed by atoms with Crippen LogP contribution in [0.3, 0.4) is 0 Å². The Morgan fingerprint density at radius 3 is 2.55 bits per heavy atom. The van der Waals surface area contributed by atoms with Crippen LogP contribution >= 0.6 is 0 Å². The van der Waals surface area contributed by atoms with Gasteiger partial charge in [0, 0.05) is 10.5 Å². The van der Waals surface area contributed by atoms with Crippen molar-refractivity contribution < 1.29 is 4.79 Å². The van der Waals surface area contributed by atoms with Crippen LogP contribution in [-0.2, 0) is 4.79 Å². The fourth-order valence-corrected chi connectivity index (χ4v) is 0.554. The van der Waals surface area contributed by atoms with Crippen LogP contribution in [0.2, 0.25) is 0 Å². The van der Waals surface area contributed by atoms with E-state index in [0.29, 0.717) is 0 Å². The smallest absolute Gasteiger partial charge is 0.226 e. The van der Waals surface area contributed by atoms with Gasteiger partial charge in [0.05, 0.1) is 0 Å². The van der Waals surface area contributed by atoms with Gasteiger partial charge in [0.2, 0.25) is 5.91 Å². The maximum atomic E-state index is 10.8. The first-order chi connectivity index (χ1) is 4.95. The zero-order valence-corrected chi connectivity index (χ0v) is 6.96. The third kappa shape index (κ3) is 6.67. The van der Waals surface area contributed by atoms with Crippen LogP contribution in [0, 0.1) is 0 Å². The quantitative estimate of drug-likeness (QED) is 0.364. The van der Waals surface area contributed by atoms with Crippen LogP contribution in [0.5, 0.6) is 0 Å². The molecule has 5 nitrogen and oxygen atoms in total. The highest BCUT2D eigenvalue weighted by Crippen LogP contribution is 1.97. The molecule has 5 heteroatoms. The summed E-state index contributed by atoms with van der Waals surface area (Å²) in [5.74, 6) is -0.254. The fourth-order valence-electron chi connectivity index (χ4n) is 0.554. The molecule has 0 aromatic rings. The molecule has 0 bridgehead atoms. The molecule has 1 N–H and O–H groups in total. The van der Waals surface area contributed by atoms with Crippen molar-refractivity contribution in [3.63, 3.8) is 0 Å². The van der Waals surface area contributed by atoms with Crippen LogP contribution in [0.4, 0.5) is 0 Å². The lowest BCUT2D eigenvalue weighted by Gasteiger charge is -2.19. The third-order valence-corrected chi connectivity index (χ3v) is 0.792. The van der Waals surface area contributed by atoms with Crippen LogP contribution in [0.15, 0.2) is 5.11 Å². The minimum atomic E-state index is -0.262. The van der Waals surface area contributed by atoms with Crippen molar-refractivity contribution in [1.82, 2.24) is 5.32 Å². The molecule has 0 fully saturated rings. The molecule has 11 heavy (non-hydrogen) atoms. The van der Waals surface area contributed by atoms with Crippen LogP contribution in [0.25, 0.3) is 10.4 Å². The number of rotatable bonds is 2. The molecule has 0 saturated heterocycles. The molecule has 0 saturated carbocycles. The maximum Gasteiger partial charge on any atom is 0.226 e. The number of azide groups is 1. The predicted molar refractivity (Wildman–Crippen MR) is 41.9 cm³/mol. The van der Waals surface area contributed by atoms with E-state index in [4.69, 9.17) is 5.53 Å². The summed E-state index contributed by atoms with van der Waals surface area (Å²) in [6.07, 6.45) is 0. The lowest BCUT2D eigenvalue weighted by Crippen LogP contribution is -2.41. The SMILES string of the molecule is CC(C)(C)NC(=O)CN=[N+]=[N-]. The first-order valence-electron chi connectivity index (χ1n) is 3.27. The highest BCUT2D eigenvalue weighted by atomic mass is 16.2. The van der Waals surface area contributed by atoms with Gasteiger partial charge < -0.3 is 5.32 Å². The summed E-state index contributed by atoms with van der Waals surface area (Å²) in [6, 6.07) is 0. The predicted octanol–water partition coefficient (Wildman–Crippen LogP) is 1.21. The molecule has 0 aliphatic rings. The van der Waals surface area contributed by atoms with E-state index in [2.05, 4.69) is 15.3 Å². The highest BCUT2D eigenvalue weighted by Gasteiger charge is 2.11. The Morgan fingerprint density at radius 2 is 2.18 bits per heavy atom. The summed E-state index contributed by atoms with van der Waals surface area (Å²) in [6.45, 7) is 5.46. The van der Waals surface area contributed by atoms with Crippen molar-refractivity contribution in [3.05, 3.63) is 10.4 Å². The number of amides is 1. The number of nitrogens with one attached hydrogen (secondary N) is 1. The van der Waals surface area contributed by atoms with E-state index in [1.165, 1.54) is 0 Å². The molecule has 0 rings (SSSR count). The van der Waals surface area contributed by atoms with E-state index in [1.54, 1.807) is 0 Å². The molecule has 0 aliphatic heterocycles. The lowest BCUT2D eigenvalue weighted by atomic mass is 10.1. The number of hydrogen-bond acceptors (Lipinski definition) is 2. The molecule has 0 aromatic heterocycles. The Hall–Kier alpha value is -1.22. The Bertz CT molecular complexity index is 187. The average Bonchev–Trinajstić information content (AvgIpc) is 1.79. The molecule has 0 spiro atoms. The van der Waals surface area contributed by atoms with E-state index >= 15 is 0 Å². The monoisotopic (exact) mass is 156 g/mol. The van der Waals surface area contributed by atoms with Gasteiger partial charge in [-0.1, -0.05) is 5.11 Å². The van der Waals surface area contributed by atoms with Crippen molar-refractivity contribution in [1.29, 1.82) is 0 Å². The van der Waals surface area contributed by atoms with Crippen molar-refractivity contribution in [3.8, 4) is 0 Å². The first-order valence-corrected chi connectivity index (χ1v) is 3.27. The lowest BCUT2D eigenvalue weighted by molar-refractivity contribution is -0.121. The second-order valence-corrected chi connectivity index (χ2v) is 3.19. The molecule has 0 aromatic carbocycles. The van der Waals surface area contributed by atoms with E-state index in [1.807, 2.05) is 20.8 Å². The first kappa shape index (κ1) is 9.78. The average molecular weight is 156 g/mol. The van der Waals surface area contributed by atoms with Gasteiger partial charge in [0.15, 0.2) is 0 Å². The fraction of sp³-hybridized carbons (Fsp3) is 0.833. The second kappa shape index (κ2) is 3.83. The van der Waals surface area contributed by atoms with E-state index in [0.717, 1.165) is 0 Å². The molecule has 0 atom stereocenters. The van der Waals surface area contributed by atoms with Gasteiger partial charge in [-0.3, -0.25) is 4.79 Å². The number of nitrogens with zero attached hydrogens (tertiary/aromatic N) is 3. The van der Waals surface area contributed by atoms with Crippen molar-refractivity contribution in [2.75, 3.05) is 6.54 Å². The summed E-state index contributed by atoms with van der Waals surface area (Å²) >= 11 is 0. The van der Waals surface area contributed by atoms with Crippen LogP contribution < -0.4 is 5.32 Å². The molecule has 1 amide bonds. The van der Waals surface area contributed by atoms with Gasteiger partial charge in [-0.05, 0) is 26.3 Å². The van der Waals surface area contributed by atoms with Gasteiger partial charge in [0.25, 0.3) is 0 Å². The molecule has 0 radical (unpaired) electrons. The molecule has 0 unspecified atom stereocenters. The number of carbonyl (C=O) groups is 1. The summed E-state index contributed by atoms with van der Waals surface area (Å²) in [4.78, 5) is 13.3. The summed E-state index contributed by atoms with van der Waals surface area (Å²) in [5, 5.41) is 5.77. The molecular weight excluding hydrogens is 144 g/mol. The molecule has 62 valence electrons. The highest BCUT2D eigenvalue weighted by molar-refractivity contribution is 5.78. The Labute approximate surface area is 65.4 Å². The van der Waals surface area contributed by atoms with E-state index in [9.17, 15) is 4.79 Å². The maximum absolute atomic E-state index is 10.8. The summed E-state index contributed by atoms with van der Waals surface area (Å²) in [5.41, 5.74) is 7.63. The number of carbonyl (C=O) groups excluding carboxylic acids is 1. The topological polar surface area (TPSA) is 77.9 Å². The molecule has 0 heterocycles. The Balaban J connectivity index is 3.79. The van der Waals surface area contributed by atoms with Gasteiger partial charge in [-0.15, -0.1) is 0 Å². The molecule has 0 aliphatic carbocycles. The minimum absolute atomic E-state index is 0.131. The largest absolute Gasteiger partial charge is 0.351 e. The van der Waals surface area contributed by atoms with Crippen molar-refractivity contribution in [2.45, 2.75) is 26.3 Å². The molecular formula is C6H12N4O. The van der Waals surface area contributed by atoms with E-state index in [-0.39, 0.29) is 18.0 Å². The van der Waals surface area contributed by atoms with Crippen LogP contribution in [-0.4, -0.2) is 18.0 Å². The summed E-state index contributed by atoms with van der Waals surface area (Å²) < 4.78 is 0. The zero-order chi connectivity index (χ0) is 8.91. The Morgan fingerprint density at radius 1 is 1.64 bits per heavy atom. The normalized spacial score (nSPS) is 10.1. The zero-order valence-electron chi connectivity index (χ0n) is 6.96. The van der Waals surface area contributed by atoms with Gasteiger partial charge in [-0.25, -0.2) is 0 Å².